The molecule has 0 aliphatic carbocycles. The highest BCUT2D eigenvalue weighted by Gasteiger charge is 2.28. The highest BCUT2D eigenvalue weighted by Crippen LogP contribution is 2.31. The molecule has 154 valence electrons. The van der Waals surface area contributed by atoms with Crippen LogP contribution < -0.4 is 22.0 Å². The Kier molecular flexibility index (Phi) is 9.79. The van der Waals surface area contributed by atoms with E-state index in [1.54, 1.807) is 0 Å². The normalized spacial score (nSPS) is 16.8. The Balaban J connectivity index is 0.00000280. The van der Waals surface area contributed by atoms with E-state index < -0.39 is 6.10 Å². The van der Waals surface area contributed by atoms with Crippen LogP contribution in [0.4, 0.5) is 0 Å². The zero-order valence-electron chi connectivity index (χ0n) is 16.6. The van der Waals surface area contributed by atoms with Gasteiger partial charge in [-0.25, -0.2) is 0 Å². The number of hydrogen-bond donors (Lipinski definition) is 2. The smallest absolute Gasteiger partial charge is 0.119 e. The van der Waals surface area contributed by atoms with E-state index in [4.69, 9.17) is 9.47 Å². The predicted molar refractivity (Wildman–Crippen MR) is 107 cm³/mol. The number of unbranched alkanes of at least 4 members (excludes halogenated alkanes) is 1. The fourth-order valence-corrected chi connectivity index (χ4v) is 3.62. The molecule has 1 aliphatic heterocycles. The van der Waals surface area contributed by atoms with Crippen molar-refractivity contribution in [1.82, 2.24) is 0 Å². The van der Waals surface area contributed by atoms with E-state index in [-0.39, 0.29) is 18.3 Å². The summed E-state index contributed by atoms with van der Waals surface area (Å²) in [6.45, 7) is 7.41. The lowest BCUT2D eigenvalue weighted by Gasteiger charge is -2.30. The molecule has 0 saturated carbocycles. The monoisotopic (exact) mass is 405 g/mol. The van der Waals surface area contributed by atoms with Crippen LogP contribution in [0.5, 0.6) is 5.75 Å². The van der Waals surface area contributed by atoms with E-state index in [2.05, 4.69) is 19.1 Å². The van der Waals surface area contributed by atoms with Crippen LogP contribution in [0.25, 0.3) is 0 Å². The third kappa shape index (κ3) is 6.49. The van der Waals surface area contributed by atoms with Gasteiger partial charge in [0, 0.05) is 0 Å². The second kappa shape index (κ2) is 12.1. The first-order valence-corrected chi connectivity index (χ1v) is 10.1. The maximum Gasteiger partial charge on any atom is 0.119 e. The molecule has 0 bridgehead atoms. The lowest BCUT2D eigenvalue weighted by atomic mass is 9.88. The second-order valence-corrected chi connectivity index (χ2v) is 7.30. The molecular formula is C23H32ClNO3. The fourth-order valence-electron chi connectivity index (χ4n) is 3.62. The molecule has 4 nitrogen and oxygen atoms in total. The first-order valence-electron chi connectivity index (χ1n) is 10.1. The average Bonchev–Trinajstić information content (AvgIpc) is 2.74. The number of rotatable bonds is 9. The summed E-state index contributed by atoms with van der Waals surface area (Å²) in [5, 5.41) is 11.2. The number of aliphatic hydroxyl groups excluding tert-OH is 1. The average molecular weight is 406 g/mol. The van der Waals surface area contributed by atoms with Gasteiger partial charge >= 0.3 is 0 Å². The summed E-state index contributed by atoms with van der Waals surface area (Å²) in [6, 6.07) is 18.3. The lowest BCUT2D eigenvalue weighted by molar-refractivity contribution is -0.909. The summed E-state index contributed by atoms with van der Waals surface area (Å²) in [5.41, 5.74) is 2.13. The number of nitrogens with one attached hydrogen (secondary N) is 1. The van der Waals surface area contributed by atoms with Gasteiger partial charge in [-0.05, 0) is 29.7 Å². The van der Waals surface area contributed by atoms with Crippen LogP contribution >= 0.6 is 0 Å². The zero-order chi connectivity index (χ0) is 18.9. The lowest BCUT2D eigenvalue weighted by Crippen LogP contribution is -3.14. The van der Waals surface area contributed by atoms with Gasteiger partial charge in [-0.1, -0.05) is 55.8 Å². The number of quaternary nitrogens is 1. The van der Waals surface area contributed by atoms with Crippen LogP contribution in [0.3, 0.4) is 0 Å². The van der Waals surface area contributed by atoms with Crippen molar-refractivity contribution in [3.63, 3.8) is 0 Å². The number of halogens is 1. The van der Waals surface area contributed by atoms with Gasteiger partial charge in [0.25, 0.3) is 0 Å². The minimum Gasteiger partial charge on any atom is -1.00 e. The maximum absolute atomic E-state index is 11.2. The maximum atomic E-state index is 11.2. The van der Waals surface area contributed by atoms with Crippen LogP contribution in [0, 0.1) is 0 Å². The van der Waals surface area contributed by atoms with Crippen molar-refractivity contribution in [1.29, 1.82) is 0 Å². The van der Waals surface area contributed by atoms with Gasteiger partial charge in [0.2, 0.25) is 0 Å². The standard InChI is InChI=1S/C23H31NO3.ClH/c1-2-3-15-27-21-11-9-20(10-12-21)23(25)22(19-7-5-4-6-8-19)18-24-13-16-26-17-14-24;/h4-12,22-23,25H,2-3,13-18H2,1H3;1H. The molecule has 2 unspecified atom stereocenters. The summed E-state index contributed by atoms with van der Waals surface area (Å²) in [4.78, 5) is 1.49. The molecule has 1 fully saturated rings. The highest BCUT2D eigenvalue weighted by atomic mass is 35.5. The quantitative estimate of drug-likeness (QED) is 0.558. The molecule has 5 heteroatoms. The number of morpholine rings is 1. The van der Waals surface area contributed by atoms with Crippen molar-refractivity contribution in [3.8, 4) is 5.75 Å². The Hall–Kier alpha value is -1.59. The van der Waals surface area contributed by atoms with Crippen LogP contribution in [-0.2, 0) is 4.74 Å². The van der Waals surface area contributed by atoms with Crippen molar-refractivity contribution < 1.29 is 31.9 Å². The Morgan fingerprint density at radius 1 is 1.00 bits per heavy atom. The molecule has 1 aliphatic rings. The fraction of sp³-hybridized carbons (Fsp3) is 0.478. The van der Waals surface area contributed by atoms with Gasteiger partial charge in [-0.3, -0.25) is 0 Å². The van der Waals surface area contributed by atoms with Gasteiger partial charge in [0.05, 0.1) is 38.4 Å². The second-order valence-electron chi connectivity index (χ2n) is 7.30. The molecule has 0 amide bonds. The van der Waals surface area contributed by atoms with Crippen LogP contribution in [-0.4, -0.2) is 44.6 Å². The zero-order valence-corrected chi connectivity index (χ0v) is 17.4. The predicted octanol–water partition coefficient (Wildman–Crippen LogP) is -0.398. The molecular weight excluding hydrogens is 374 g/mol. The number of ether oxygens (including phenoxy) is 2. The molecule has 0 radical (unpaired) electrons. The van der Waals surface area contributed by atoms with Gasteiger partial charge in [0.15, 0.2) is 0 Å². The van der Waals surface area contributed by atoms with E-state index in [1.165, 1.54) is 10.5 Å². The third-order valence-electron chi connectivity index (χ3n) is 5.31. The molecule has 1 saturated heterocycles. The largest absolute Gasteiger partial charge is 1.00 e. The van der Waals surface area contributed by atoms with Crippen LogP contribution in [0.2, 0.25) is 0 Å². The van der Waals surface area contributed by atoms with Gasteiger partial charge in [-0.2, -0.15) is 0 Å². The van der Waals surface area contributed by atoms with Crippen LogP contribution in [0.1, 0.15) is 42.9 Å². The molecule has 2 aromatic carbocycles. The van der Waals surface area contributed by atoms with Gasteiger partial charge < -0.3 is 31.9 Å². The Labute approximate surface area is 174 Å². The minimum absolute atomic E-state index is 0. The van der Waals surface area contributed by atoms with Crippen LogP contribution in [0.15, 0.2) is 54.6 Å². The number of hydrogen-bond acceptors (Lipinski definition) is 3. The Bertz CT molecular complexity index is 659. The summed E-state index contributed by atoms with van der Waals surface area (Å²) in [7, 11) is 0. The van der Waals surface area contributed by atoms with Gasteiger partial charge in [-0.15, -0.1) is 0 Å². The van der Waals surface area contributed by atoms with Crippen molar-refractivity contribution in [2.75, 3.05) is 39.5 Å². The third-order valence-corrected chi connectivity index (χ3v) is 5.31. The highest BCUT2D eigenvalue weighted by molar-refractivity contribution is 5.31. The number of benzene rings is 2. The molecule has 3 rings (SSSR count). The first-order chi connectivity index (χ1) is 13.3. The minimum atomic E-state index is -0.535. The Morgan fingerprint density at radius 3 is 2.32 bits per heavy atom. The first kappa shape index (κ1) is 22.7. The molecule has 1 heterocycles. The van der Waals surface area contributed by atoms with Crippen molar-refractivity contribution in [2.45, 2.75) is 31.8 Å². The Morgan fingerprint density at radius 2 is 1.68 bits per heavy atom. The summed E-state index contributed by atoms with van der Waals surface area (Å²) >= 11 is 0. The van der Waals surface area contributed by atoms with E-state index in [1.807, 2.05) is 42.5 Å². The van der Waals surface area contributed by atoms with E-state index in [9.17, 15) is 5.11 Å². The van der Waals surface area contributed by atoms with E-state index in [0.717, 1.165) is 63.6 Å². The molecule has 0 spiro atoms. The van der Waals surface area contributed by atoms with E-state index >= 15 is 0 Å². The van der Waals surface area contributed by atoms with Crippen molar-refractivity contribution in [2.24, 2.45) is 0 Å². The molecule has 2 N–H and O–H groups in total. The van der Waals surface area contributed by atoms with E-state index in [0.29, 0.717) is 0 Å². The SMILES string of the molecule is CCCCOc1ccc(C(O)C(C[NH+]2CCOCC2)c2ccccc2)cc1.[Cl-]. The van der Waals surface area contributed by atoms with Crippen molar-refractivity contribution in [3.05, 3.63) is 65.7 Å². The molecule has 0 aromatic heterocycles. The molecule has 28 heavy (non-hydrogen) atoms. The van der Waals surface area contributed by atoms with Crippen molar-refractivity contribution >= 4 is 0 Å². The number of aliphatic hydroxyl groups is 1. The summed E-state index contributed by atoms with van der Waals surface area (Å²) in [6.07, 6.45) is 1.65. The topological polar surface area (TPSA) is 43.1 Å². The summed E-state index contributed by atoms with van der Waals surface area (Å²) in [5.74, 6) is 0.931. The molecule has 2 aromatic rings. The van der Waals surface area contributed by atoms with Gasteiger partial charge in [0.1, 0.15) is 18.8 Å². The summed E-state index contributed by atoms with van der Waals surface area (Å²) < 4.78 is 11.2. The molecule has 2 atom stereocenters.